The minimum atomic E-state index is -0.118. The molecular weight excluding hydrogens is 352 g/mol. The summed E-state index contributed by atoms with van der Waals surface area (Å²) < 4.78 is 1.71. The Morgan fingerprint density at radius 2 is 1.96 bits per heavy atom. The van der Waals surface area contributed by atoms with E-state index in [1.54, 1.807) is 17.1 Å². The second-order valence-corrected chi connectivity index (χ2v) is 7.42. The summed E-state index contributed by atoms with van der Waals surface area (Å²) >= 11 is 0. The van der Waals surface area contributed by atoms with Gasteiger partial charge in [-0.2, -0.15) is 5.10 Å². The van der Waals surface area contributed by atoms with Crippen LogP contribution in [0.5, 0.6) is 0 Å². The molecule has 0 radical (unpaired) electrons. The molecule has 1 saturated heterocycles. The molecule has 0 spiro atoms. The molecule has 2 aromatic rings. The highest BCUT2D eigenvalue weighted by Gasteiger charge is 2.27. The highest BCUT2D eigenvalue weighted by Crippen LogP contribution is 2.22. The van der Waals surface area contributed by atoms with Gasteiger partial charge in [0.15, 0.2) is 5.82 Å². The molecule has 2 N–H and O–H groups in total. The van der Waals surface area contributed by atoms with Gasteiger partial charge in [0.1, 0.15) is 0 Å². The Morgan fingerprint density at radius 1 is 1.18 bits per heavy atom. The largest absolute Gasteiger partial charge is 0.337 e. The van der Waals surface area contributed by atoms with E-state index in [1.807, 2.05) is 24.4 Å². The number of nitrogens with one attached hydrogen (secondary N) is 2. The van der Waals surface area contributed by atoms with Crippen molar-refractivity contribution in [2.75, 3.05) is 19.6 Å². The van der Waals surface area contributed by atoms with E-state index in [0.717, 1.165) is 37.3 Å². The van der Waals surface area contributed by atoms with Gasteiger partial charge in [0.25, 0.3) is 0 Å². The Hall–Kier alpha value is -2.41. The molecule has 1 atom stereocenters. The maximum atomic E-state index is 12.4. The van der Waals surface area contributed by atoms with Gasteiger partial charge in [-0.25, -0.2) is 14.5 Å². The Kier molecular flexibility index (Phi) is 7.42. The van der Waals surface area contributed by atoms with Crippen LogP contribution in [-0.4, -0.2) is 51.4 Å². The van der Waals surface area contributed by atoms with Gasteiger partial charge in [-0.15, -0.1) is 0 Å². The molecule has 0 aliphatic carbocycles. The van der Waals surface area contributed by atoms with Crippen LogP contribution in [-0.2, 0) is 6.54 Å². The maximum absolute atomic E-state index is 12.4. The fourth-order valence-electron chi connectivity index (χ4n) is 4.04. The third-order valence-corrected chi connectivity index (χ3v) is 5.68. The molecule has 1 fully saturated rings. The van der Waals surface area contributed by atoms with Crippen molar-refractivity contribution in [2.24, 2.45) is 5.92 Å². The number of likely N-dealkylation sites (tertiary alicyclic amines) is 1. The number of hydrogen-bond acceptors (Lipinski definition) is 4. The molecule has 0 aromatic carbocycles. The quantitative estimate of drug-likeness (QED) is 0.697. The first kappa shape index (κ1) is 20.3. The first-order valence-electron chi connectivity index (χ1n) is 10.4. The van der Waals surface area contributed by atoms with Gasteiger partial charge in [0.2, 0.25) is 0 Å². The van der Waals surface area contributed by atoms with E-state index in [0.29, 0.717) is 25.0 Å². The number of carbonyl (C=O) groups excluding carboxylic acids is 1. The highest BCUT2D eigenvalue weighted by atomic mass is 16.2. The summed E-state index contributed by atoms with van der Waals surface area (Å²) in [5.74, 6) is 1.36. The molecule has 152 valence electrons. The minimum Gasteiger partial charge on any atom is -0.337 e. The number of nitrogens with zero attached hydrogens (tertiary/aromatic N) is 4. The molecule has 28 heavy (non-hydrogen) atoms. The molecule has 3 rings (SSSR count). The van der Waals surface area contributed by atoms with Crippen LogP contribution >= 0.6 is 0 Å². The summed E-state index contributed by atoms with van der Waals surface area (Å²) in [7, 11) is 0. The molecule has 0 bridgehead atoms. The summed E-state index contributed by atoms with van der Waals surface area (Å²) in [6.45, 7) is 7.96. The van der Waals surface area contributed by atoms with Gasteiger partial charge in [-0.1, -0.05) is 26.7 Å². The molecule has 1 unspecified atom stereocenters. The van der Waals surface area contributed by atoms with Gasteiger partial charge in [-0.05, 0) is 55.6 Å². The van der Waals surface area contributed by atoms with Crippen molar-refractivity contribution in [3.05, 3.63) is 42.4 Å². The summed E-state index contributed by atoms with van der Waals surface area (Å²) in [6.07, 6.45) is 10.1. The zero-order valence-electron chi connectivity index (χ0n) is 17.0. The van der Waals surface area contributed by atoms with E-state index >= 15 is 0 Å². The van der Waals surface area contributed by atoms with Crippen molar-refractivity contribution >= 4 is 6.03 Å². The zero-order valence-corrected chi connectivity index (χ0v) is 17.0. The van der Waals surface area contributed by atoms with Crippen molar-refractivity contribution in [3.8, 4) is 5.82 Å². The third kappa shape index (κ3) is 5.32. The Morgan fingerprint density at radius 3 is 2.64 bits per heavy atom. The lowest BCUT2D eigenvalue weighted by atomic mass is 9.93. The number of rotatable bonds is 9. The predicted molar refractivity (Wildman–Crippen MR) is 110 cm³/mol. The van der Waals surface area contributed by atoms with E-state index in [9.17, 15) is 4.79 Å². The Balaban J connectivity index is 1.51. The monoisotopic (exact) mass is 384 g/mol. The van der Waals surface area contributed by atoms with Gasteiger partial charge >= 0.3 is 6.03 Å². The van der Waals surface area contributed by atoms with Crippen molar-refractivity contribution in [3.63, 3.8) is 0 Å². The lowest BCUT2D eigenvalue weighted by Gasteiger charge is -2.33. The van der Waals surface area contributed by atoms with Gasteiger partial charge in [0, 0.05) is 37.7 Å². The summed E-state index contributed by atoms with van der Waals surface area (Å²) in [6, 6.07) is 6.01. The zero-order chi connectivity index (χ0) is 19.8. The normalized spacial score (nSPS) is 15.7. The van der Waals surface area contributed by atoms with Crippen LogP contribution in [0.3, 0.4) is 0 Å². The number of carbonyl (C=O) groups is 1. The summed E-state index contributed by atoms with van der Waals surface area (Å²) in [5.41, 5.74) is 0.992. The lowest BCUT2D eigenvalue weighted by Crippen LogP contribution is -2.48. The summed E-state index contributed by atoms with van der Waals surface area (Å²) in [4.78, 5) is 19.2. The first-order valence-corrected chi connectivity index (χ1v) is 10.4. The van der Waals surface area contributed by atoms with Gasteiger partial charge in [0.05, 0.1) is 0 Å². The third-order valence-electron chi connectivity index (χ3n) is 5.68. The predicted octanol–water partition coefficient (Wildman–Crippen LogP) is 2.97. The second kappa shape index (κ2) is 10.2. The fraction of sp³-hybridized carbons (Fsp3) is 0.571. The van der Waals surface area contributed by atoms with Crippen LogP contribution in [0, 0.1) is 5.92 Å². The topological polar surface area (TPSA) is 75.1 Å². The molecule has 1 aliphatic rings. The smallest absolute Gasteiger partial charge is 0.315 e. The second-order valence-electron chi connectivity index (χ2n) is 7.42. The van der Waals surface area contributed by atoms with Crippen LogP contribution in [0.15, 0.2) is 36.8 Å². The van der Waals surface area contributed by atoms with Crippen molar-refractivity contribution < 1.29 is 4.79 Å². The minimum absolute atomic E-state index is 0.118. The van der Waals surface area contributed by atoms with Crippen molar-refractivity contribution in [2.45, 2.75) is 52.1 Å². The average Bonchev–Trinajstić information content (AvgIpc) is 3.44. The van der Waals surface area contributed by atoms with Crippen LogP contribution in [0.2, 0.25) is 0 Å². The molecule has 2 aromatic heterocycles. The Labute approximate surface area is 167 Å². The van der Waals surface area contributed by atoms with E-state index in [2.05, 4.69) is 39.5 Å². The van der Waals surface area contributed by atoms with Crippen molar-refractivity contribution in [1.82, 2.24) is 30.3 Å². The van der Waals surface area contributed by atoms with Crippen LogP contribution < -0.4 is 10.6 Å². The summed E-state index contributed by atoms with van der Waals surface area (Å²) in [5, 5.41) is 10.3. The highest BCUT2D eigenvalue weighted by molar-refractivity contribution is 5.73. The lowest BCUT2D eigenvalue weighted by molar-refractivity contribution is 0.161. The van der Waals surface area contributed by atoms with E-state index in [-0.39, 0.29) is 6.03 Å². The standard InChI is InChI=1S/C21H32N6O/c1-3-18(4-2)19(26-11-5-6-12-26)16-24-21(28)23-15-17-8-10-22-20(14-17)27-13-7-9-25-27/h7-10,13-14,18-19H,3-6,11-12,15-16H2,1-2H3,(H2,23,24,28). The fourth-order valence-corrected chi connectivity index (χ4v) is 4.04. The van der Waals surface area contributed by atoms with Gasteiger partial charge in [-0.3, -0.25) is 4.90 Å². The molecule has 1 aliphatic heterocycles. The molecule has 2 amide bonds. The SMILES string of the molecule is CCC(CC)C(CNC(=O)NCc1ccnc(-n2cccn2)c1)N1CCCC1. The van der Waals surface area contributed by atoms with Crippen LogP contribution in [0.1, 0.15) is 45.1 Å². The number of hydrogen-bond donors (Lipinski definition) is 2. The first-order chi connectivity index (χ1) is 13.7. The van der Waals surface area contributed by atoms with Crippen LogP contribution in [0.4, 0.5) is 4.79 Å². The Bertz CT molecular complexity index is 720. The number of pyridine rings is 1. The molecule has 3 heterocycles. The number of aromatic nitrogens is 3. The van der Waals surface area contributed by atoms with E-state index in [1.165, 1.54) is 12.8 Å². The van der Waals surface area contributed by atoms with Crippen molar-refractivity contribution in [1.29, 1.82) is 0 Å². The van der Waals surface area contributed by atoms with E-state index < -0.39 is 0 Å². The van der Waals surface area contributed by atoms with E-state index in [4.69, 9.17) is 0 Å². The van der Waals surface area contributed by atoms with Crippen LogP contribution in [0.25, 0.3) is 5.82 Å². The van der Waals surface area contributed by atoms with Gasteiger partial charge < -0.3 is 10.6 Å². The molecule has 7 nitrogen and oxygen atoms in total. The number of amides is 2. The average molecular weight is 385 g/mol. The maximum Gasteiger partial charge on any atom is 0.315 e. The molecule has 7 heteroatoms. The molecule has 0 saturated carbocycles. The molecular formula is C21H32N6O. The number of urea groups is 1.